The molecule has 3 aromatic rings. The first-order chi connectivity index (χ1) is 13.5. The number of amidine groups is 1. The number of hydrogen-bond donors (Lipinski definition) is 3. The molecule has 0 amide bonds. The summed E-state index contributed by atoms with van der Waals surface area (Å²) >= 11 is 3.21. The van der Waals surface area contributed by atoms with Crippen molar-refractivity contribution in [1.82, 2.24) is 4.57 Å². The number of aliphatic carboxylic acids is 1. The molecule has 4 rings (SSSR count). The van der Waals surface area contributed by atoms with Gasteiger partial charge in [0.05, 0.1) is 6.54 Å². The molecule has 1 aliphatic rings. The number of benzene rings is 1. The van der Waals surface area contributed by atoms with Gasteiger partial charge in [0.25, 0.3) is 5.56 Å². The van der Waals surface area contributed by atoms with Crippen LogP contribution >= 0.6 is 23.1 Å². The van der Waals surface area contributed by atoms with Crippen LogP contribution in [-0.2, 0) is 22.8 Å². The predicted octanol–water partition coefficient (Wildman–Crippen LogP) is 2.35. The van der Waals surface area contributed by atoms with Crippen LogP contribution in [0.1, 0.15) is 21.7 Å². The second-order valence-electron chi connectivity index (χ2n) is 6.38. The maximum absolute atomic E-state index is 13.1. The standard InChI is InChI=1S/C19H17N3O4S2/c20-18(21-6-15(23)24)16-17(25)12-8-27-9-13(12)22(19(16)26)7-11-5-10-3-1-2-4-14(10)28-11/h1-5,25H,6-9H2,(H2,20,21)(H,23,24). The highest BCUT2D eigenvalue weighted by atomic mass is 32.2. The van der Waals surface area contributed by atoms with Crippen LogP contribution in [0.5, 0.6) is 5.75 Å². The van der Waals surface area contributed by atoms with E-state index in [-0.39, 0.29) is 17.1 Å². The average Bonchev–Trinajstić information content (AvgIpc) is 3.30. The fraction of sp³-hybridized carbons (Fsp3) is 0.211. The van der Waals surface area contributed by atoms with Crippen molar-refractivity contribution in [1.29, 1.82) is 0 Å². The summed E-state index contributed by atoms with van der Waals surface area (Å²) in [5, 5.41) is 20.5. The number of thioether (sulfide) groups is 1. The van der Waals surface area contributed by atoms with Crippen LogP contribution in [0, 0.1) is 0 Å². The Labute approximate surface area is 168 Å². The second kappa shape index (κ2) is 7.33. The van der Waals surface area contributed by atoms with Gasteiger partial charge in [-0.2, -0.15) is 11.8 Å². The molecular weight excluding hydrogens is 398 g/mol. The third kappa shape index (κ3) is 3.27. The van der Waals surface area contributed by atoms with Gasteiger partial charge in [-0.05, 0) is 17.5 Å². The van der Waals surface area contributed by atoms with Gasteiger partial charge >= 0.3 is 5.97 Å². The normalized spacial score (nSPS) is 13.8. The number of aromatic hydroxyl groups is 1. The topological polar surface area (TPSA) is 118 Å². The van der Waals surface area contributed by atoms with E-state index in [9.17, 15) is 14.7 Å². The van der Waals surface area contributed by atoms with Crippen molar-refractivity contribution in [2.24, 2.45) is 10.7 Å². The minimum Gasteiger partial charge on any atom is -0.507 e. The fourth-order valence-electron chi connectivity index (χ4n) is 3.28. The van der Waals surface area contributed by atoms with Gasteiger partial charge in [-0.1, -0.05) is 18.2 Å². The van der Waals surface area contributed by atoms with Gasteiger partial charge in [0.1, 0.15) is 23.7 Å². The first-order valence-electron chi connectivity index (χ1n) is 8.50. The molecule has 0 saturated carbocycles. The number of aliphatic imine (C=N–C) groups is 1. The Kier molecular flexibility index (Phi) is 4.86. The summed E-state index contributed by atoms with van der Waals surface area (Å²) in [6.45, 7) is -0.201. The van der Waals surface area contributed by atoms with Crippen molar-refractivity contribution in [2.75, 3.05) is 6.54 Å². The maximum atomic E-state index is 13.1. The zero-order chi connectivity index (χ0) is 19.8. The average molecular weight is 415 g/mol. The molecule has 2 aromatic heterocycles. The number of thiophene rings is 1. The lowest BCUT2D eigenvalue weighted by Crippen LogP contribution is -2.33. The molecule has 0 spiro atoms. The van der Waals surface area contributed by atoms with Gasteiger partial charge in [-0.15, -0.1) is 11.3 Å². The summed E-state index contributed by atoms with van der Waals surface area (Å²) in [7, 11) is 0. The molecule has 0 radical (unpaired) electrons. The number of rotatable bonds is 5. The Morgan fingerprint density at radius 1 is 1.29 bits per heavy atom. The van der Waals surface area contributed by atoms with Crippen LogP contribution in [0.25, 0.3) is 10.1 Å². The first kappa shape index (κ1) is 18.6. The van der Waals surface area contributed by atoms with Crippen molar-refractivity contribution in [2.45, 2.75) is 18.1 Å². The highest BCUT2D eigenvalue weighted by Gasteiger charge is 2.27. The summed E-state index contributed by atoms with van der Waals surface area (Å²) in [6, 6.07) is 10.1. The Hall–Kier alpha value is -2.78. The number of fused-ring (bicyclic) bond motifs is 2. The van der Waals surface area contributed by atoms with Crippen molar-refractivity contribution in [3.8, 4) is 5.75 Å². The molecule has 0 atom stereocenters. The number of aromatic nitrogens is 1. The van der Waals surface area contributed by atoms with Crippen molar-refractivity contribution in [3.05, 3.63) is 62.4 Å². The van der Waals surface area contributed by atoms with E-state index in [2.05, 4.69) is 11.1 Å². The van der Waals surface area contributed by atoms with Crippen LogP contribution in [0.15, 0.2) is 40.1 Å². The number of carboxylic acid groups (broad SMARTS) is 1. The Balaban J connectivity index is 1.83. The molecular formula is C19H17N3O4S2. The molecule has 0 bridgehead atoms. The van der Waals surface area contributed by atoms with E-state index in [1.807, 2.05) is 24.3 Å². The van der Waals surface area contributed by atoms with Crippen molar-refractivity contribution in [3.63, 3.8) is 0 Å². The first-order valence-corrected chi connectivity index (χ1v) is 10.5. The molecule has 28 heavy (non-hydrogen) atoms. The molecule has 144 valence electrons. The number of nitrogens with zero attached hydrogens (tertiary/aromatic N) is 2. The summed E-state index contributed by atoms with van der Waals surface area (Å²) in [4.78, 5) is 28.7. The third-order valence-electron chi connectivity index (χ3n) is 4.57. The van der Waals surface area contributed by atoms with Gasteiger partial charge in [-0.25, -0.2) is 0 Å². The zero-order valence-corrected chi connectivity index (χ0v) is 16.3. The summed E-state index contributed by atoms with van der Waals surface area (Å²) in [5.74, 6) is -0.425. The van der Waals surface area contributed by atoms with Crippen LogP contribution in [0.2, 0.25) is 0 Å². The van der Waals surface area contributed by atoms with E-state index in [4.69, 9.17) is 10.8 Å². The Morgan fingerprint density at radius 2 is 2.07 bits per heavy atom. The Bertz CT molecular complexity index is 1150. The van der Waals surface area contributed by atoms with E-state index >= 15 is 0 Å². The zero-order valence-electron chi connectivity index (χ0n) is 14.7. The van der Waals surface area contributed by atoms with Crippen molar-refractivity contribution >= 4 is 45.0 Å². The minimum atomic E-state index is -1.16. The smallest absolute Gasteiger partial charge is 0.325 e. The van der Waals surface area contributed by atoms with Crippen LogP contribution < -0.4 is 11.3 Å². The number of pyridine rings is 1. The Morgan fingerprint density at radius 3 is 2.82 bits per heavy atom. The maximum Gasteiger partial charge on any atom is 0.325 e. The summed E-state index contributed by atoms with van der Waals surface area (Å²) < 4.78 is 2.76. The van der Waals surface area contributed by atoms with Crippen LogP contribution in [0.3, 0.4) is 0 Å². The quantitative estimate of drug-likeness (QED) is 0.435. The lowest BCUT2D eigenvalue weighted by Gasteiger charge is -2.15. The minimum absolute atomic E-state index is 0.122. The van der Waals surface area contributed by atoms with E-state index in [0.717, 1.165) is 20.7 Å². The largest absolute Gasteiger partial charge is 0.507 e. The van der Waals surface area contributed by atoms with Gasteiger partial charge in [0.15, 0.2) is 0 Å². The molecule has 0 unspecified atom stereocenters. The van der Waals surface area contributed by atoms with E-state index < -0.39 is 18.1 Å². The summed E-state index contributed by atoms with van der Waals surface area (Å²) in [6.07, 6.45) is 0. The van der Waals surface area contributed by atoms with Gasteiger partial charge in [-0.3, -0.25) is 14.6 Å². The third-order valence-corrected chi connectivity index (χ3v) is 6.64. The molecule has 0 aliphatic carbocycles. The molecule has 9 heteroatoms. The van der Waals surface area contributed by atoms with Gasteiger partial charge < -0.3 is 20.5 Å². The monoisotopic (exact) mass is 415 g/mol. The fourth-order valence-corrected chi connectivity index (χ4v) is 5.46. The summed E-state index contributed by atoms with van der Waals surface area (Å²) in [5.41, 5.74) is 6.73. The van der Waals surface area contributed by atoms with Crippen LogP contribution in [0.4, 0.5) is 0 Å². The number of hydrogen-bond acceptors (Lipinski definition) is 6. The number of carbonyl (C=O) groups is 1. The SMILES string of the molecule is NC(=NCC(=O)O)c1c(O)c2c(n(Cc3cc4ccccc4s3)c1=O)CSC2. The van der Waals surface area contributed by atoms with E-state index in [1.165, 1.54) is 0 Å². The highest BCUT2D eigenvalue weighted by Crippen LogP contribution is 2.37. The number of carboxylic acids is 1. The molecule has 4 N–H and O–H groups in total. The van der Waals surface area contributed by atoms with Crippen LogP contribution in [-0.4, -0.2) is 33.1 Å². The second-order valence-corrected chi connectivity index (χ2v) is 8.53. The highest BCUT2D eigenvalue weighted by molar-refractivity contribution is 7.98. The molecule has 3 heterocycles. The number of nitrogens with two attached hydrogens (primary N) is 1. The molecule has 0 saturated heterocycles. The lowest BCUT2D eigenvalue weighted by atomic mass is 10.1. The lowest BCUT2D eigenvalue weighted by molar-refractivity contribution is -0.135. The van der Waals surface area contributed by atoms with Crippen molar-refractivity contribution < 1.29 is 15.0 Å². The molecule has 7 nitrogen and oxygen atoms in total. The van der Waals surface area contributed by atoms with E-state index in [0.29, 0.717) is 23.6 Å². The van der Waals surface area contributed by atoms with Gasteiger partial charge in [0.2, 0.25) is 0 Å². The molecule has 0 fully saturated rings. The molecule has 1 aromatic carbocycles. The predicted molar refractivity (Wildman–Crippen MR) is 112 cm³/mol. The van der Waals surface area contributed by atoms with Gasteiger partial charge in [0, 0.05) is 32.3 Å². The van der Waals surface area contributed by atoms with E-state index in [1.54, 1.807) is 27.7 Å². The molecule has 1 aliphatic heterocycles.